The molecule has 0 fully saturated rings. The average Bonchev–Trinajstić information content (AvgIpc) is 2.64. The van der Waals surface area contributed by atoms with Gasteiger partial charge in [-0.05, 0) is 46.4 Å². The highest BCUT2D eigenvalue weighted by Crippen LogP contribution is 2.22. The van der Waals surface area contributed by atoms with Crippen molar-refractivity contribution < 1.29 is 0 Å². The lowest BCUT2D eigenvalue weighted by Gasteiger charge is -2.26. The van der Waals surface area contributed by atoms with E-state index in [0.29, 0.717) is 0 Å². The Morgan fingerprint density at radius 1 is 1.53 bits per heavy atom. The third-order valence-electron chi connectivity index (χ3n) is 2.83. The summed E-state index contributed by atoms with van der Waals surface area (Å²) in [5.41, 5.74) is 5.99. The molecule has 1 atom stereocenters. The molecule has 1 unspecified atom stereocenters. The highest BCUT2D eigenvalue weighted by molar-refractivity contribution is 9.11. The molecule has 0 saturated carbocycles. The molecule has 3 N–H and O–H groups in total. The van der Waals surface area contributed by atoms with Crippen molar-refractivity contribution in [3.8, 4) is 0 Å². The van der Waals surface area contributed by atoms with Gasteiger partial charge in [-0.1, -0.05) is 13.8 Å². The summed E-state index contributed by atoms with van der Waals surface area (Å²) in [7, 11) is 0. The smallest absolute Gasteiger partial charge is 0.0701 e. The number of nitrogens with one attached hydrogen (secondary N) is 1. The zero-order chi connectivity index (χ0) is 11.3. The maximum Gasteiger partial charge on any atom is 0.0701 e. The van der Waals surface area contributed by atoms with Crippen molar-refractivity contribution in [1.29, 1.82) is 0 Å². The van der Waals surface area contributed by atoms with Crippen LogP contribution >= 0.6 is 27.3 Å². The van der Waals surface area contributed by atoms with Crippen LogP contribution in [0.15, 0.2) is 15.9 Å². The van der Waals surface area contributed by atoms with E-state index in [1.54, 1.807) is 11.3 Å². The number of rotatable bonds is 6. The molecule has 0 saturated heterocycles. The van der Waals surface area contributed by atoms with Crippen molar-refractivity contribution in [2.24, 2.45) is 11.1 Å². The average molecular weight is 291 g/mol. The highest BCUT2D eigenvalue weighted by Gasteiger charge is 2.19. The van der Waals surface area contributed by atoms with Crippen molar-refractivity contribution >= 4 is 27.3 Å². The fourth-order valence-electron chi connectivity index (χ4n) is 1.28. The molecule has 4 heteroatoms. The Morgan fingerprint density at radius 2 is 2.27 bits per heavy atom. The molecule has 1 aromatic rings. The first-order valence-electron chi connectivity index (χ1n) is 5.24. The summed E-state index contributed by atoms with van der Waals surface area (Å²) in [6.45, 7) is 7.08. The summed E-state index contributed by atoms with van der Waals surface area (Å²) >= 11 is 5.24. The summed E-state index contributed by atoms with van der Waals surface area (Å²) in [6, 6.07) is 4.23. The Kier molecular flexibility index (Phi) is 5.26. The molecule has 0 radical (unpaired) electrons. The fraction of sp³-hybridized carbons (Fsp3) is 0.636. The van der Waals surface area contributed by atoms with E-state index in [9.17, 15) is 0 Å². The topological polar surface area (TPSA) is 38.0 Å². The summed E-state index contributed by atoms with van der Waals surface area (Å²) < 4.78 is 1.19. The van der Waals surface area contributed by atoms with Crippen LogP contribution in [-0.4, -0.2) is 13.1 Å². The summed E-state index contributed by atoms with van der Waals surface area (Å²) in [6.07, 6.45) is 1.12. The van der Waals surface area contributed by atoms with Crippen molar-refractivity contribution in [3.63, 3.8) is 0 Å². The zero-order valence-electron chi connectivity index (χ0n) is 9.35. The van der Waals surface area contributed by atoms with Crippen LogP contribution in [0, 0.1) is 5.41 Å². The molecule has 0 aliphatic carbocycles. The number of halogens is 1. The van der Waals surface area contributed by atoms with Gasteiger partial charge in [-0.2, -0.15) is 0 Å². The molecule has 0 bridgehead atoms. The van der Waals surface area contributed by atoms with Gasteiger partial charge in [0.1, 0.15) is 0 Å². The van der Waals surface area contributed by atoms with Gasteiger partial charge in [0.05, 0.1) is 3.79 Å². The highest BCUT2D eigenvalue weighted by atomic mass is 79.9. The SMILES string of the molecule is CCC(C)(CN)CNCc1ccc(Br)s1. The van der Waals surface area contributed by atoms with Crippen LogP contribution in [0.5, 0.6) is 0 Å². The number of hydrogen-bond donors (Lipinski definition) is 2. The summed E-state index contributed by atoms with van der Waals surface area (Å²) in [5, 5.41) is 3.47. The van der Waals surface area contributed by atoms with Crippen LogP contribution in [0.25, 0.3) is 0 Å². The first kappa shape index (κ1) is 13.2. The van der Waals surface area contributed by atoms with Gasteiger partial charge in [0.2, 0.25) is 0 Å². The minimum absolute atomic E-state index is 0.231. The van der Waals surface area contributed by atoms with Crippen molar-refractivity contribution in [3.05, 3.63) is 20.8 Å². The first-order chi connectivity index (χ1) is 7.09. The lowest BCUT2D eigenvalue weighted by Crippen LogP contribution is -2.37. The summed E-state index contributed by atoms with van der Waals surface area (Å²) in [4.78, 5) is 1.36. The molecule has 0 aliphatic rings. The van der Waals surface area contributed by atoms with Crippen LogP contribution < -0.4 is 11.1 Å². The van der Waals surface area contributed by atoms with Crippen LogP contribution in [0.3, 0.4) is 0 Å². The molecule has 86 valence electrons. The van der Waals surface area contributed by atoms with Gasteiger partial charge in [-0.25, -0.2) is 0 Å². The van der Waals surface area contributed by atoms with Gasteiger partial charge in [0, 0.05) is 18.0 Å². The maximum absolute atomic E-state index is 5.76. The van der Waals surface area contributed by atoms with Crippen molar-refractivity contribution in [2.45, 2.75) is 26.8 Å². The van der Waals surface area contributed by atoms with Gasteiger partial charge in [-0.15, -0.1) is 11.3 Å². The van der Waals surface area contributed by atoms with Gasteiger partial charge >= 0.3 is 0 Å². The second-order valence-corrected chi connectivity index (χ2v) is 6.73. The van der Waals surface area contributed by atoms with Crippen molar-refractivity contribution in [2.75, 3.05) is 13.1 Å². The molecule has 1 heterocycles. The van der Waals surface area contributed by atoms with E-state index < -0.39 is 0 Å². The normalized spacial score (nSPS) is 15.2. The molecule has 1 aromatic heterocycles. The van der Waals surface area contributed by atoms with Crippen molar-refractivity contribution in [1.82, 2.24) is 5.32 Å². The monoisotopic (exact) mass is 290 g/mol. The van der Waals surface area contributed by atoms with Gasteiger partial charge < -0.3 is 11.1 Å². The number of hydrogen-bond acceptors (Lipinski definition) is 3. The molecule has 0 amide bonds. The second-order valence-electron chi connectivity index (χ2n) is 4.18. The zero-order valence-corrected chi connectivity index (χ0v) is 11.7. The minimum atomic E-state index is 0.231. The summed E-state index contributed by atoms with van der Waals surface area (Å²) in [5.74, 6) is 0. The van der Waals surface area contributed by atoms with E-state index in [0.717, 1.165) is 26.1 Å². The Hall–Kier alpha value is 0.1000. The van der Waals surface area contributed by atoms with Crippen LogP contribution in [-0.2, 0) is 6.54 Å². The van der Waals surface area contributed by atoms with Crippen LogP contribution in [0.2, 0.25) is 0 Å². The third kappa shape index (κ3) is 4.23. The molecule has 0 aliphatic heterocycles. The Balaban J connectivity index is 2.32. The second kappa shape index (κ2) is 5.99. The molecule has 0 aromatic carbocycles. The largest absolute Gasteiger partial charge is 0.330 e. The predicted molar refractivity (Wildman–Crippen MR) is 71.2 cm³/mol. The molecule has 2 nitrogen and oxygen atoms in total. The van der Waals surface area contributed by atoms with Gasteiger partial charge in [0.25, 0.3) is 0 Å². The van der Waals surface area contributed by atoms with E-state index in [2.05, 4.69) is 47.2 Å². The molecule has 15 heavy (non-hydrogen) atoms. The van der Waals surface area contributed by atoms with E-state index in [-0.39, 0.29) is 5.41 Å². The maximum atomic E-state index is 5.76. The Morgan fingerprint density at radius 3 is 2.73 bits per heavy atom. The third-order valence-corrected chi connectivity index (χ3v) is 4.45. The Labute approximate surface area is 104 Å². The minimum Gasteiger partial charge on any atom is -0.330 e. The predicted octanol–water partition coefficient (Wildman–Crippen LogP) is 2.98. The van der Waals surface area contributed by atoms with Crippen LogP contribution in [0.1, 0.15) is 25.1 Å². The molecular weight excluding hydrogens is 272 g/mol. The molecule has 0 spiro atoms. The van der Waals surface area contributed by atoms with Crippen LogP contribution in [0.4, 0.5) is 0 Å². The number of thiophene rings is 1. The van der Waals surface area contributed by atoms with E-state index in [1.165, 1.54) is 8.66 Å². The lowest BCUT2D eigenvalue weighted by atomic mass is 9.88. The fourth-order valence-corrected chi connectivity index (χ4v) is 2.73. The standard InChI is InChI=1S/C11H19BrN2S/c1-3-11(2,7-13)8-14-6-9-4-5-10(12)15-9/h4-5,14H,3,6-8,13H2,1-2H3. The molecular formula is C11H19BrN2S. The quantitative estimate of drug-likeness (QED) is 0.845. The lowest BCUT2D eigenvalue weighted by molar-refractivity contribution is 0.303. The molecule has 1 rings (SSSR count). The van der Waals surface area contributed by atoms with E-state index in [1.807, 2.05) is 0 Å². The first-order valence-corrected chi connectivity index (χ1v) is 6.85. The Bertz CT molecular complexity index is 295. The van der Waals surface area contributed by atoms with Gasteiger partial charge in [0.15, 0.2) is 0 Å². The van der Waals surface area contributed by atoms with E-state index >= 15 is 0 Å². The van der Waals surface area contributed by atoms with E-state index in [4.69, 9.17) is 5.73 Å². The van der Waals surface area contributed by atoms with Gasteiger partial charge in [-0.3, -0.25) is 0 Å². The number of nitrogens with two attached hydrogens (primary N) is 1.